The lowest BCUT2D eigenvalue weighted by molar-refractivity contribution is -0.119. The van der Waals surface area contributed by atoms with Crippen molar-refractivity contribution in [1.29, 1.82) is 0 Å². The van der Waals surface area contributed by atoms with E-state index in [0.717, 1.165) is 38.8 Å². The Labute approximate surface area is 152 Å². The number of aryl methyl sites for hydroxylation is 1. The molecule has 1 aromatic heterocycles. The number of likely N-dealkylation sites (tertiary alicyclic amines) is 1. The summed E-state index contributed by atoms with van der Waals surface area (Å²) in [6.07, 6.45) is 7.74. The fourth-order valence-corrected chi connectivity index (χ4v) is 3.32. The maximum atomic E-state index is 13.0. The molecule has 7 heteroatoms. The van der Waals surface area contributed by atoms with E-state index in [1.165, 1.54) is 0 Å². The summed E-state index contributed by atoms with van der Waals surface area (Å²) in [4.78, 5) is 25.8. The van der Waals surface area contributed by atoms with Gasteiger partial charge in [-0.15, -0.1) is 0 Å². The van der Waals surface area contributed by atoms with Gasteiger partial charge in [-0.1, -0.05) is 6.07 Å². The highest BCUT2D eigenvalue weighted by molar-refractivity contribution is 5.95. The summed E-state index contributed by atoms with van der Waals surface area (Å²) in [5.74, 6) is -0.0733. The first-order valence-corrected chi connectivity index (χ1v) is 8.93. The van der Waals surface area contributed by atoms with Gasteiger partial charge in [-0.05, 0) is 49.9 Å². The summed E-state index contributed by atoms with van der Waals surface area (Å²) in [7, 11) is 0. The maximum absolute atomic E-state index is 13.0. The van der Waals surface area contributed by atoms with Crippen LogP contribution in [0.25, 0.3) is 0 Å². The lowest BCUT2D eigenvalue weighted by Gasteiger charge is -2.36. The number of ether oxygens (including phenoxy) is 1. The molecule has 138 valence electrons. The number of primary amides is 1. The zero-order valence-electron chi connectivity index (χ0n) is 14.7. The standard InChI is InChI=1S/C19H24N4O3/c20-18(24)14-26-17-7-3-5-15(13-17)19(25)23-11-2-1-6-16(23)8-12-22-10-4-9-21-22/h3-5,7,9-10,13,16H,1-2,6,8,11-12,14H2,(H2,20,24)/t16-/m0/s1. The molecule has 1 aliphatic rings. The molecule has 1 atom stereocenters. The number of rotatable bonds is 7. The third kappa shape index (κ3) is 4.62. The van der Waals surface area contributed by atoms with Crippen LogP contribution in [0.15, 0.2) is 42.7 Å². The van der Waals surface area contributed by atoms with E-state index in [4.69, 9.17) is 10.5 Å². The molecular formula is C19H24N4O3. The Bertz CT molecular complexity index is 745. The monoisotopic (exact) mass is 356 g/mol. The van der Waals surface area contributed by atoms with Crippen molar-refractivity contribution >= 4 is 11.8 Å². The molecule has 2 amide bonds. The SMILES string of the molecule is NC(=O)COc1cccc(C(=O)N2CCCC[C@H]2CCn2cccn2)c1. The molecule has 1 aromatic carbocycles. The molecule has 1 fully saturated rings. The van der Waals surface area contributed by atoms with Crippen molar-refractivity contribution in [3.05, 3.63) is 48.3 Å². The lowest BCUT2D eigenvalue weighted by atomic mass is 9.98. The Balaban J connectivity index is 1.67. The molecule has 2 N–H and O–H groups in total. The van der Waals surface area contributed by atoms with Gasteiger partial charge < -0.3 is 15.4 Å². The fraction of sp³-hybridized carbons (Fsp3) is 0.421. The van der Waals surface area contributed by atoms with Crippen LogP contribution in [-0.2, 0) is 11.3 Å². The molecule has 1 aliphatic heterocycles. The van der Waals surface area contributed by atoms with Crippen LogP contribution in [0.2, 0.25) is 0 Å². The quantitative estimate of drug-likeness (QED) is 0.819. The van der Waals surface area contributed by atoms with Crippen molar-refractivity contribution in [2.45, 2.75) is 38.3 Å². The number of aromatic nitrogens is 2. The van der Waals surface area contributed by atoms with E-state index in [1.54, 1.807) is 30.5 Å². The Kier molecular flexibility index (Phi) is 5.88. The van der Waals surface area contributed by atoms with Crippen molar-refractivity contribution in [3.63, 3.8) is 0 Å². The van der Waals surface area contributed by atoms with Crippen molar-refractivity contribution < 1.29 is 14.3 Å². The molecule has 0 unspecified atom stereocenters. The van der Waals surface area contributed by atoms with Gasteiger partial charge in [-0.25, -0.2) is 0 Å². The van der Waals surface area contributed by atoms with Gasteiger partial charge in [0, 0.05) is 37.1 Å². The first kappa shape index (κ1) is 18.0. The van der Waals surface area contributed by atoms with E-state index in [1.807, 2.05) is 21.8 Å². The average molecular weight is 356 g/mol. The van der Waals surface area contributed by atoms with E-state index in [0.29, 0.717) is 11.3 Å². The van der Waals surface area contributed by atoms with Gasteiger partial charge >= 0.3 is 0 Å². The Morgan fingerprint density at radius 2 is 2.15 bits per heavy atom. The van der Waals surface area contributed by atoms with E-state index >= 15 is 0 Å². The first-order chi connectivity index (χ1) is 12.6. The number of carbonyl (C=O) groups excluding carboxylic acids is 2. The molecule has 0 saturated carbocycles. The van der Waals surface area contributed by atoms with E-state index in [2.05, 4.69) is 5.10 Å². The van der Waals surface area contributed by atoms with Gasteiger partial charge in [0.1, 0.15) is 5.75 Å². The highest BCUT2D eigenvalue weighted by Crippen LogP contribution is 2.24. The lowest BCUT2D eigenvalue weighted by Crippen LogP contribution is -2.44. The van der Waals surface area contributed by atoms with Gasteiger partial charge in [-0.2, -0.15) is 5.10 Å². The maximum Gasteiger partial charge on any atom is 0.255 e. The average Bonchev–Trinajstić information content (AvgIpc) is 3.18. The third-order valence-corrected chi connectivity index (χ3v) is 4.60. The molecule has 3 rings (SSSR count). The largest absolute Gasteiger partial charge is 0.484 e. The van der Waals surface area contributed by atoms with Crippen molar-refractivity contribution in [3.8, 4) is 5.75 Å². The normalized spacial score (nSPS) is 17.1. The summed E-state index contributed by atoms with van der Waals surface area (Å²) in [6, 6.07) is 9.03. The minimum absolute atomic E-state index is 0.000287. The van der Waals surface area contributed by atoms with Crippen LogP contribution in [0.4, 0.5) is 0 Å². The van der Waals surface area contributed by atoms with Crippen LogP contribution in [0, 0.1) is 0 Å². The smallest absolute Gasteiger partial charge is 0.255 e. The topological polar surface area (TPSA) is 90.5 Å². The number of carbonyl (C=O) groups is 2. The molecule has 0 bridgehead atoms. The van der Waals surface area contributed by atoms with Gasteiger partial charge in [0.2, 0.25) is 0 Å². The predicted molar refractivity (Wildman–Crippen MR) is 96.7 cm³/mol. The summed E-state index contributed by atoms with van der Waals surface area (Å²) in [6.45, 7) is 1.35. The molecule has 2 heterocycles. The van der Waals surface area contributed by atoms with Crippen LogP contribution >= 0.6 is 0 Å². The summed E-state index contributed by atoms with van der Waals surface area (Å²) in [5.41, 5.74) is 5.67. The Morgan fingerprint density at radius 1 is 1.27 bits per heavy atom. The van der Waals surface area contributed by atoms with Crippen LogP contribution in [0.3, 0.4) is 0 Å². The highest BCUT2D eigenvalue weighted by Gasteiger charge is 2.27. The Hall–Kier alpha value is -2.83. The summed E-state index contributed by atoms with van der Waals surface area (Å²) in [5, 5.41) is 4.23. The number of amides is 2. The summed E-state index contributed by atoms with van der Waals surface area (Å²) >= 11 is 0. The van der Waals surface area contributed by atoms with Crippen LogP contribution < -0.4 is 10.5 Å². The molecule has 2 aromatic rings. The zero-order chi connectivity index (χ0) is 18.4. The fourth-order valence-electron chi connectivity index (χ4n) is 3.32. The predicted octanol–water partition coefficient (Wildman–Crippen LogP) is 1.83. The molecule has 7 nitrogen and oxygen atoms in total. The first-order valence-electron chi connectivity index (χ1n) is 8.93. The molecule has 0 aliphatic carbocycles. The van der Waals surface area contributed by atoms with Crippen LogP contribution in [0.5, 0.6) is 5.75 Å². The van der Waals surface area contributed by atoms with Gasteiger partial charge in [-0.3, -0.25) is 14.3 Å². The number of piperidine rings is 1. The second-order valence-corrected chi connectivity index (χ2v) is 6.49. The molecule has 1 saturated heterocycles. The number of hydrogen-bond acceptors (Lipinski definition) is 4. The van der Waals surface area contributed by atoms with E-state index < -0.39 is 5.91 Å². The number of nitrogens with zero attached hydrogens (tertiary/aromatic N) is 3. The second-order valence-electron chi connectivity index (χ2n) is 6.49. The second kappa shape index (κ2) is 8.51. The molecule has 26 heavy (non-hydrogen) atoms. The van der Waals surface area contributed by atoms with Gasteiger partial charge in [0.15, 0.2) is 6.61 Å². The highest BCUT2D eigenvalue weighted by atomic mass is 16.5. The minimum Gasteiger partial charge on any atom is -0.484 e. The van der Waals surface area contributed by atoms with Crippen molar-refractivity contribution in [2.24, 2.45) is 5.73 Å². The molecular weight excluding hydrogens is 332 g/mol. The van der Waals surface area contributed by atoms with Gasteiger partial charge in [0.25, 0.3) is 11.8 Å². The van der Waals surface area contributed by atoms with Crippen LogP contribution in [0.1, 0.15) is 36.0 Å². The number of hydrogen-bond donors (Lipinski definition) is 1. The Morgan fingerprint density at radius 3 is 2.92 bits per heavy atom. The third-order valence-electron chi connectivity index (χ3n) is 4.60. The zero-order valence-corrected chi connectivity index (χ0v) is 14.7. The van der Waals surface area contributed by atoms with E-state index in [9.17, 15) is 9.59 Å². The minimum atomic E-state index is -0.545. The summed E-state index contributed by atoms with van der Waals surface area (Å²) < 4.78 is 7.21. The van der Waals surface area contributed by atoms with Gasteiger partial charge in [0.05, 0.1) is 0 Å². The molecule has 0 spiro atoms. The molecule has 0 radical (unpaired) electrons. The van der Waals surface area contributed by atoms with Crippen molar-refractivity contribution in [1.82, 2.24) is 14.7 Å². The van der Waals surface area contributed by atoms with Crippen molar-refractivity contribution in [2.75, 3.05) is 13.2 Å². The van der Waals surface area contributed by atoms with E-state index in [-0.39, 0.29) is 18.6 Å². The number of benzene rings is 1. The number of nitrogens with two attached hydrogens (primary N) is 1. The van der Waals surface area contributed by atoms with Crippen LogP contribution in [-0.4, -0.2) is 45.7 Å².